The molecule has 2 aromatic carbocycles. The Kier molecular flexibility index (Phi) is 5.96. The molecule has 0 aliphatic rings. The van der Waals surface area contributed by atoms with Crippen LogP contribution in [0, 0.1) is 12.7 Å². The van der Waals surface area contributed by atoms with Crippen LogP contribution in [0.15, 0.2) is 53.1 Å². The third-order valence-electron chi connectivity index (χ3n) is 4.29. The smallest absolute Gasteiger partial charge is 0.227 e. The SMILES string of the molecule is CCCN(C(=O)CCc1nc(-c2ccccc2F)no1)c1ccccc1C. The fourth-order valence-electron chi connectivity index (χ4n) is 2.93. The second-order valence-electron chi connectivity index (χ2n) is 6.32. The predicted molar refractivity (Wildman–Crippen MR) is 102 cm³/mol. The summed E-state index contributed by atoms with van der Waals surface area (Å²) >= 11 is 0. The molecule has 140 valence electrons. The van der Waals surface area contributed by atoms with E-state index in [1.54, 1.807) is 23.1 Å². The number of hydrogen-bond acceptors (Lipinski definition) is 4. The first-order valence-corrected chi connectivity index (χ1v) is 9.03. The lowest BCUT2D eigenvalue weighted by molar-refractivity contribution is -0.118. The van der Waals surface area contributed by atoms with Crippen molar-refractivity contribution in [1.82, 2.24) is 10.1 Å². The molecular formula is C21H22FN3O2. The van der Waals surface area contributed by atoms with Gasteiger partial charge in [0.15, 0.2) is 0 Å². The molecule has 0 spiro atoms. The molecule has 0 atom stereocenters. The highest BCUT2D eigenvalue weighted by Crippen LogP contribution is 2.22. The van der Waals surface area contributed by atoms with Gasteiger partial charge in [-0.25, -0.2) is 4.39 Å². The standard InChI is InChI=1S/C21H22FN3O2/c1-3-14-25(18-11-7-4-8-15(18)2)20(26)13-12-19-23-21(24-27-19)16-9-5-6-10-17(16)22/h4-11H,3,12-14H2,1-2H3. The molecule has 0 fully saturated rings. The van der Waals surface area contributed by atoms with Crippen molar-refractivity contribution in [1.29, 1.82) is 0 Å². The van der Waals surface area contributed by atoms with E-state index in [-0.39, 0.29) is 23.7 Å². The van der Waals surface area contributed by atoms with Crippen molar-refractivity contribution in [3.8, 4) is 11.4 Å². The van der Waals surface area contributed by atoms with Gasteiger partial charge in [0.1, 0.15) is 5.82 Å². The normalized spacial score (nSPS) is 10.8. The van der Waals surface area contributed by atoms with E-state index in [1.165, 1.54) is 6.07 Å². The van der Waals surface area contributed by atoms with Crippen LogP contribution in [0.1, 0.15) is 31.2 Å². The molecule has 5 nitrogen and oxygen atoms in total. The largest absolute Gasteiger partial charge is 0.339 e. The minimum absolute atomic E-state index is 0.00297. The van der Waals surface area contributed by atoms with E-state index in [4.69, 9.17) is 4.52 Å². The van der Waals surface area contributed by atoms with Gasteiger partial charge in [-0.1, -0.05) is 42.4 Å². The third kappa shape index (κ3) is 4.39. The highest BCUT2D eigenvalue weighted by atomic mass is 19.1. The van der Waals surface area contributed by atoms with Crippen LogP contribution in [-0.2, 0) is 11.2 Å². The van der Waals surface area contributed by atoms with Gasteiger partial charge in [0.2, 0.25) is 17.6 Å². The maximum absolute atomic E-state index is 13.8. The number of amides is 1. The van der Waals surface area contributed by atoms with E-state index in [0.717, 1.165) is 17.7 Å². The topological polar surface area (TPSA) is 59.2 Å². The highest BCUT2D eigenvalue weighted by Gasteiger charge is 2.18. The number of carbonyl (C=O) groups excluding carboxylic acids is 1. The zero-order valence-electron chi connectivity index (χ0n) is 15.5. The number of benzene rings is 2. The summed E-state index contributed by atoms with van der Waals surface area (Å²) in [5.74, 6) is 0.106. The maximum Gasteiger partial charge on any atom is 0.227 e. The molecule has 0 radical (unpaired) electrons. The first-order chi connectivity index (χ1) is 13.1. The lowest BCUT2D eigenvalue weighted by Gasteiger charge is -2.24. The fourth-order valence-corrected chi connectivity index (χ4v) is 2.93. The van der Waals surface area contributed by atoms with Gasteiger partial charge in [-0.15, -0.1) is 0 Å². The van der Waals surface area contributed by atoms with Crippen molar-refractivity contribution < 1.29 is 13.7 Å². The van der Waals surface area contributed by atoms with Crippen LogP contribution >= 0.6 is 0 Å². The number of halogens is 1. The lowest BCUT2D eigenvalue weighted by Crippen LogP contribution is -2.32. The van der Waals surface area contributed by atoms with E-state index in [9.17, 15) is 9.18 Å². The van der Waals surface area contributed by atoms with Crippen molar-refractivity contribution in [3.63, 3.8) is 0 Å². The summed E-state index contributed by atoms with van der Waals surface area (Å²) in [6, 6.07) is 14.1. The first-order valence-electron chi connectivity index (χ1n) is 9.03. The van der Waals surface area contributed by atoms with Crippen LogP contribution in [0.2, 0.25) is 0 Å². The molecule has 0 N–H and O–H groups in total. The number of carbonyl (C=O) groups is 1. The van der Waals surface area contributed by atoms with Crippen LogP contribution in [0.5, 0.6) is 0 Å². The fraction of sp³-hybridized carbons (Fsp3) is 0.286. The Bertz CT molecular complexity index is 923. The number of para-hydroxylation sites is 1. The van der Waals surface area contributed by atoms with Crippen molar-refractivity contribution in [3.05, 3.63) is 65.8 Å². The van der Waals surface area contributed by atoms with E-state index in [2.05, 4.69) is 10.1 Å². The Morgan fingerprint density at radius 1 is 1.15 bits per heavy atom. The van der Waals surface area contributed by atoms with Crippen LogP contribution in [0.4, 0.5) is 10.1 Å². The Morgan fingerprint density at radius 2 is 1.89 bits per heavy atom. The minimum Gasteiger partial charge on any atom is -0.339 e. The summed E-state index contributed by atoms with van der Waals surface area (Å²) in [6.07, 6.45) is 1.41. The average molecular weight is 367 g/mol. The third-order valence-corrected chi connectivity index (χ3v) is 4.29. The monoisotopic (exact) mass is 367 g/mol. The summed E-state index contributed by atoms with van der Waals surface area (Å²) in [5.41, 5.74) is 2.26. The Balaban J connectivity index is 1.69. The Labute approximate surface area is 157 Å². The van der Waals surface area contributed by atoms with Gasteiger partial charge >= 0.3 is 0 Å². The molecule has 1 amide bonds. The van der Waals surface area contributed by atoms with Gasteiger partial charge in [0, 0.05) is 25.1 Å². The van der Waals surface area contributed by atoms with Crippen molar-refractivity contribution in [2.24, 2.45) is 0 Å². The molecule has 1 aromatic heterocycles. The molecule has 0 aliphatic heterocycles. The predicted octanol–water partition coefficient (Wildman–Crippen LogP) is 4.56. The second kappa shape index (κ2) is 8.58. The highest BCUT2D eigenvalue weighted by molar-refractivity contribution is 5.94. The number of hydrogen-bond donors (Lipinski definition) is 0. The molecule has 1 heterocycles. The lowest BCUT2D eigenvalue weighted by atomic mass is 10.1. The summed E-state index contributed by atoms with van der Waals surface area (Å²) < 4.78 is 19.0. The van der Waals surface area contributed by atoms with Gasteiger partial charge in [-0.2, -0.15) is 4.98 Å². The molecule has 0 aliphatic carbocycles. The van der Waals surface area contributed by atoms with Crippen molar-refractivity contribution >= 4 is 11.6 Å². The zero-order valence-corrected chi connectivity index (χ0v) is 15.5. The quantitative estimate of drug-likeness (QED) is 0.614. The maximum atomic E-state index is 13.8. The van der Waals surface area contributed by atoms with E-state index in [0.29, 0.717) is 18.9 Å². The average Bonchev–Trinajstić information content (AvgIpc) is 3.14. The summed E-state index contributed by atoms with van der Waals surface area (Å²) in [6.45, 7) is 4.68. The number of rotatable bonds is 7. The molecule has 27 heavy (non-hydrogen) atoms. The van der Waals surface area contributed by atoms with Crippen LogP contribution in [0.25, 0.3) is 11.4 Å². The molecule has 6 heteroatoms. The molecular weight excluding hydrogens is 345 g/mol. The molecule has 0 saturated carbocycles. The molecule has 0 unspecified atom stereocenters. The minimum atomic E-state index is -0.408. The van der Waals surface area contributed by atoms with Crippen LogP contribution in [-0.4, -0.2) is 22.6 Å². The molecule has 3 rings (SSSR count). The zero-order chi connectivity index (χ0) is 19.2. The first kappa shape index (κ1) is 18.8. The summed E-state index contributed by atoms with van der Waals surface area (Å²) in [5, 5.41) is 3.83. The van der Waals surface area contributed by atoms with Gasteiger partial charge in [-0.05, 0) is 37.1 Å². The second-order valence-corrected chi connectivity index (χ2v) is 6.32. The Hall–Kier alpha value is -3.02. The van der Waals surface area contributed by atoms with E-state index >= 15 is 0 Å². The van der Waals surface area contributed by atoms with Crippen LogP contribution in [0.3, 0.4) is 0 Å². The van der Waals surface area contributed by atoms with Gasteiger partial charge in [-0.3, -0.25) is 4.79 Å². The van der Waals surface area contributed by atoms with Crippen molar-refractivity contribution in [2.75, 3.05) is 11.4 Å². The van der Waals surface area contributed by atoms with Gasteiger partial charge in [0.05, 0.1) is 5.56 Å². The van der Waals surface area contributed by atoms with Crippen molar-refractivity contribution in [2.45, 2.75) is 33.1 Å². The Morgan fingerprint density at radius 3 is 2.63 bits per heavy atom. The van der Waals surface area contributed by atoms with Crippen LogP contribution < -0.4 is 4.90 Å². The summed E-state index contributed by atoms with van der Waals surface area (Å²) in [4.78, 5) is 18.8. The number of aryl methyl sites for hydroxylation is 2. The number of nitrogens with zero attached hydrogens (tertiary/aromatic N) is 3. The van der Waals surface area contributed by atoms with E-state index in [1.807, 2.05) is 38.1 Å². The molecule has 0 saturated heterocycles. The summed E-state index contributed by atoms with van der Waals surface area (Å²) in [7, 11) is 0. The van der Waals surface area contributed by atoms with Gasteiger partial charge in [0.25, 0.3) is 0 Å². The van der Waals surface area contributed by atoms with Gasteiger partial charge < -0.3 is 9.42 Å². The number of anilines is 1. The molecule has 3 aromatic rings. The van der Waals surface area contributed by atoms with E-state index < -0.39 is 5.82 Å². The number of aromatic nitrogens is 2. The molecule has 0 bridgehead atoms.